The molecular formula is C17H31N3O2. The van der Waals surface area contributed by atoms with Crippen molar-refractivity contribution in [3.05, 3.63) is 17.8 Å². The largest absolute Gasteiger partial charge is 0.446 e. The fraction of sp³-hybridized carbons (Fsp3) is 0.765. The molecule has 0 fully saturated rings. The Balaban J connectivity index is 2.24. The molecule has 1 atom stereocenters. The first-order valence-electron chi connectivity index (χ1n) is 8.68. The molecule has 0 aliphatic rings. The Bertz CT molecular complexity index is 418. The zero-order chi connectivity index (χ0) is 16.2. The van der Waals surface area contributed by atoms with Gasteiger partial charge in [0, 0.05) is 6.54 Å². The van der Waals surface area contributed by atoms with Gasteiger partial charge in [0.1, 0.15) is 6.26 Å². The molecule has 0 aliphatic carbocycles. The molecule has 0 aromatic carbocycles. The van der Waals surface area contributed by atoms with Crippen molar-refractivity contribution >= 4 is 5.91 Å². The molecule has 0 bridgehead atoms. The van der Waals surface area contributed by atoms with Crippen molar-refractivity contribution in [2.75, 3.05) is 6.54 Å². The standard InChI is InChI=1S/C17H31N3O2/c1-3-5-7-8-9-10-12-19-16(21)15-13-22-17(20-15)14(18)11-6-4-2/h13-14H,3-12,18H2,1-2H3,(H,19,21). The summed E-state index contributed by atoms with van der Waals surface area (Å²) in [6, 6.07) is -0.222. The van der Waals surface area contributed by atoms with E-state index in [0.717, 1.165) is 32.1 Å². The molecular weight excluding hydrogens is 278 g/mol. The van der Waals surface area contributed by atoms with Gasteiger partial charge in [0.05, 0.1) is 6.04 Å². The minimum atomic E-state index is -0.222. The number of unbranched alkanes of at least 4 members (excludes halogenated alkanes) is 6. The smallest absolute Gasteiger partial charge is 0.273 e. The van der Waals surface area contributed by atoms with Crippen LogP contribution in [0.1, 0.15) is 94.1 Å². The van der Waals surface area contributed by atoms with Crippen molar-refractivity contribution in [3.8, 4) is 0 Å². The van der Waals surface area contributed by atoms with Crippen molar-refractivity contribution < 1.29 is 9.21 Å². The number of nitrogens with two attached hydrogens (primary N) is 1. The van der Waals surface area contributed by atoms with E-state index in [1.54, 1.807) is 0 Å². The molecule has 126 valence electrons. The molecule has 1 amide bonds. The minimum Gasteiger partial charge on any atom is -0.446 e. The molecule has 1 heterocycles. The van der Waals surface area contributed by atoms with Gasteiger partial charge in [-0.25, -0.2) is 4.98 Å². The first-order valence-corrected chi connectivity index (χ1v) is 8.68. The fourth-order valence-electron chi connectivity index (χ4n) is 2.31. The van der Waals surface area contributed by atoms with Crippen LogP contribution in [0.4, 0.5) is 0 Å². The Hall–Kier alpha value is -1.36. The second-order valence-electron chi connectivity index (χ2n) is 5.84. The van der Waals surface area contributed by atoms with Crippen LogP contribution in [0.5, 0.6) is 0 Å². The van der Waals surface area contributed by atoms with E-state index in [1.807, 2.05) is 0 Å². The number of amides is 1. The van der Waals surface area contributed by atoms with Gasteiger partial charge in [-0.2, -0.15) is 0 Å². The van der Waals surface area contributed by atoms with Gasteiger partial charge in [-0.1, -0.05) is 58.8 Å². The molecule has 1 unspecified atom stereocenters. The van der Waals surface area contributed by atoms with Gasteiger partial charge >= 0.3 is 0 Å². The lowest BCUT2D eigenvalue weighted by molar-refractivity contribution is 0.0948. The van der Waals surface area contributed by atoms with Crippen molar-refractivity contribution in [2.24, 2.45) is 5.73 Å². The predicted molar refractivity (Wildman–Crippen MR) is 88.7 cm³/mol. The maximum absolute atomic E-state index is 12.0. The monoisotopic (exact) mass is 309 g/mol. The van der Waals surface area contributed by atoms with Crippen LogP contribution in [0.15, 0.2) is 10.7 Å². The van der Waals surface area contributed by atoms with E-state index in [-0.39, 0.29) is 11.9 Å². The number of rotatable bonds is 12. The summed E-state index contributed by atoms with van der Waals surface area (Å²) in [5.74, 6) is 0.282. The van der Waals surface area contributed by atoms with E-state index in [1.165, 1.54) is 31.9 Å². The van der Waals surface area contributed by atoms with Crippen LogP contribution in [0.3, 0.4) is 0 Å². The highest BCUT2D eigenvalue weighted by atomic mass is 16.3. The number of carbonyl (C=O) groups is 1. The molecule has 5 heteroatoms. The third kappa shape index (κ3) is 7.07. The van der Waals surface area contributed by atoms with Crippen LogP contribution >= 0.6 is 0 Å². The topological polar surface area (TPSA) is 81.2 Å². The van der Waals surface area contributed by atoms with Gasteiger partial charge < -0.3 is 15.5 Å². The van der Waals surface area contributed by atoms with Crippen LogP contribution < -0.4 is 11.1 Å². The highest BCUT2D eigenvalue weighted by Gasteiger charge is 2.16. The van der Waals surface area contributed by atoms with Gasteiger partial charge in [-0.15, -0.1) is 0 Å². The Morgan fingerprint density at radius 2 is 1.86 bits per heavy atom. The molecule has 1 rings (SSSR count). The predicted octanol–water partition coefficient (Wildman–Crippen LogP) is 3.95. The van der Waals surface area contributed by atoms with Gasteiger partial charge in [0.25, 0.3) is 5.91 Å². The molecule has 5 nitrogen and oxygen atoms in total. The highest BCUT2D eigenvalue weighted by Crippen LogP contribution is 2.16. The number of nitrogens with zero attached hydrogens (tertiary/aromatic N) is 1. The Morgan fingerprint density at radius 3 is 2.59 bits per heavy atom. The Labute approximate surface area is 134 Å². The Morgan fingerprint density at radius 1 is 1.18 bits per heavy atom. The summed E-state index contributed by atoms with van der Waals surface area (Å²) in [6.07, 6.45) is 11.6. The van der Waals surface area contributed by atoms with E-state index in [0.29, 0.717) is 18.1 Å². The second kappa shape index (κ2) is 11.2. The van der Waals surface area contributed by atoms with Crippen LogP contribution in [0.25, 0.3) is 0 Å². The quantitative estimate of drug-likeness (QED) is 0.573. The van der Waals surface area contributed by atoms with Gasteiger partial charge in [-0.05, 0) is 12.8 Å². The molecule has 1 aromatic rings. The average molecular weight is 309 g/mol. The molecule has 0 radical (unpaired) electrons. The molecule has 0 aliphatic heterocycles. The Kier molecular flexibility index (Phi) is 9.55. The van der Waals surface area contributed by atoms with Gasteiger partial charge in [-0.3, -0.25) is 4.79 Å². The van der Waals surface area contributed by atoms with E-state index in [9.17, 15) is 4.79 Å². The summed E-state index contributed by atoms with van der Waals surface area (Å²) < 4.78 is 5.32. The number of aromatic nitrogens is 1. The molecule has 0 spiro atoms. The minimum absolute atomic E-state index is 0.175. The molecule has 22 heavy (non-hydrogen) atoms. The number of carbonyl (C=O) groups excluding carboxylic acids is 1. The molecule has 0 saturated heterocycles. The zero-order valence-corrected chi connectivity index (χ0v) is 14.1. The van der Waals surface area contributed by atoms with Crippen molar-refractivity contribution in [3.63, 3.8) is 0 Å². The van der Waals surface area contributed by atoms with Crippen LogP contribution in [0.2, 0.25) is 0 Å². The highest BCUT2D eigenvalue weighted by molar-refractivity contribution is 5.91. The van der Waals surface area contributed by atoms with Crippen LogP contribution in [-0.4, -0.2) is 17.4 Å². The second-order valence-corrected chi connectivity index (χ2v) is 5.84. The lowest BCUT2D eigenvalue weighted by Gasteiger charge is -2.05. The SMILES string of the molecule is CCCCCCCCNC(=O)c1coc(C(N)CCCC)n1. The first-order chi connectivity index (χ1) is 10.7. The molecule has 3 N–H and O–H groups in total. The summed E-state index contributed by atoms with van der Waals surface area (Å²) in [6.45, 7) is 5.01. The number of hydrogen-bond acceptors (Lipinski definition) is 4. The number of nitrogens with one attached hydrogen (secondary N) is 1. The maximum atomic E-state index is 12.0. The molecule has 0 saturated carbocycles. The van der Waals surface area contributed by atoms with Crippen molar-refractivity contribution in [2.45, 2.75) is 77.7 Å². The summed E-state index contributed by atoms with van der Waals surface area (Å²) in [7, 11) is 0. The third-order valence-corrected chi connectivity index (χ3v) is 3.76. The maximum Gasteiger partial charge on any atom is 0.273 e. The number of oxazole rings is 1. The van der Waals surface area contributed by atoms with Gasteiger partial charge in [0.15, 0.2) is 5.69 Å². The molecule has 1 aromatic heterocycles. The van der Waals surface area contributed by atoms with Crippen LogP contribution in [0, 0.1) is 0 Å². The fourth-order valence-corrected chi connectivity index (χ4v) is 2.31. The summed E-state index contributed by atoms with van der Waals surface area (Å²) in [5, 5.41) is 2.88. The average Bonchev–Trinajstić information content (AvgIpc) is 3.01. The van der Waals surface area contributed by atoms with Crippen molar-refractivity contribution in [1.82, 2.24) is 10.3 Å². The zero-order valence-electron chi connectivity index (χ0n) is 14.1. The lowest BCUT2D eigenvalue weighted by atomic mass is 10.1. The first kappa shape index (κ1) is 18.7. The van der Waals surface area contributed by atoms with Crippen LogP contribution in [-0.2, 0) is 0 Å². The number of hydrogen-bond donors (Lipinski definition) is 2. The normalized spacial score (nSPS) is 12.3. The summed E-state index contributed by atoms with van der Waals surface area (Å²) in [5.41, 5.74) is 6.31. The van der Waals surface area contributed by atoms with E-state index in [4.69, 9.17) is 10.2 Å². The van der Waals surface area contributed by atoms with E-state index < -0.39 is 0 Å². The lowest BCUT2D eigenvalue weighted by Crippen LogP contribution is -2.25. The summed E-state index contributed by atoms with van der Waals surface area (Å²) in [4.78, 5) is 16.2. The van der Waals surface area contributed by atoms with E-state index >= 15 is 0 Å². The van der Waals surface area contributed by atoms with Gasteiger partial charge in [0.2, 0.25) is 5.89 Å². The summed E-state index contributed by atoms with van der Waals surface area (Å²) >= 11 is 0. The van der Waals surface area contributed by atoms with E-state index in [2.05, 4.69) is 24.1 Å². The van der Waals surface area contributed by atoms with Crippen molar-refractivity contribution in [1.29, 1.82) is 0 Å². The third-order valence-electron chi connectivity index (χ3n) is 3.76.